The van der Waals surface area contributed by atoms with E-state index in [1.165, 1.54) is 16.3 Å². The van der Waals surface area contributed by atoms with E-state index in [1.807, 2.05) is 25.3 Å². The summed E-state index contributed by atoms with van der Waals surface area (Å²) in [5.41, 5.74) is 1.97. The minimum Gasteiger partial charge on any atom is -0.475 e. The van der Waals surface area contributed by atoms with Gasteiger partial charge in [-0.05, 0) is 25.3 Å². The Hall–Kier alpha value is -3.38. The van der Waals surface area contributed by atoms with Gasteiger partial charge in [0.25, 0.3) is 5.78 Å². The minimum absolute atomic E-state index is 0.0477. The number of rotatable bonds is 7. The van der Waals surface area contributed by atoms with Gasteiger partial charge in [-0.25, -0.2) is 9.78 Å². The highest BCUT2D eigenvalue weighted by Gasteiger charge is 2.25. The van der Waals surface area contributed by atoms with Crippen molar-refractivity contribution in [2.75, 3.05) is 32.6 Å². The average Bonchev–Trinajstić information content (AvgIpc) is 3.40. The van der Waals surface area contributed by atoms with Crippen LogP contribution in [0.2, 0.25) is 0 Å². The number of aromatic nitrogens is 5. The van der Waals surface area contributed by atoms with Crippen molar-refractivity contribution in [3.05, 3.63) is 46.6 Å². The molecule has 0 saturated carbocycles. The van der Waals surface area contributed by atoms with Crippen LogP contribution in [-0.2, 0) is 16.1 Å². The van der Waals surface area contributed by atoms with Gasteiger partial charge in [0.05, 0.1) is 18.7 Å². The first-order chi connectivity index (χ1) is 16.5. The highest BCUT2D eigenvalue weighted by Crippen LogP contribution is 2.19. The SMILES string of the molecule is CSc1nc2nc(C)cc(OCC3CN(C(=O)CCn4c(=O)oc5ccccc54)CCO3)n2n1. The van der Waals surface area contributed by atoms with Gasteiger partial charge in [-0.3, -0.25) is 9.36 Å². The van der Waals surface area contributed by atoms with Gasteiger partial charge in [-0.15, -0.1) is 5.10 Å². The van der Waals surface area contributed by atoms with E-state index >= 15 is 0 Å². The van der Waals surface area contributed by atoms with Crippen LogP contribution < -0.4 is 10.5 Å². The third-order valence-electron chi connectivity index (χ3n) is 5.60. The molecule has 1 aliphatic rings. The van der Waals surface area contributed by atoms with Crippen molar-refractivity contribution in [2.45, 2.75) is 31.1 Å². The molecule has 34 heavy (non-hydrogen) atoms. The molecule has 1 amide bonds. The fourth-order valence-electron chi connectivity index (χ4n) is 3.94. The smallest absolute Gasteiger partial charge is 0.419 e. The fourth-order valence-corrected chi connectivity index (χ4v) is 4.28. The van der Waals surface area contributed by atoms with Crippen molar-refractivity contribution in [3.63, 3.8) is 0 Å². The number of hydrogen-bond acceptors (Lipinski definition) is 9. The van der Waals surface area contributed by atoms with Crippen molar-refractivity contribution in [1.29, 1.82) is 0 Å². The summed E-state index contributed by atoms with van der Waals surface area (Å²) < 4.78 is 20.1. The number of amides is 1. The Morgan fingerprint density at radius 2 is 2.15 bits per heavy atom. The van der Waals surface area contributed by atoms with E-state index in [2.05, 4.69) is 15.1 Å². The molecular formula is C22H24N6O5S. The second-order valence-corrected chi connectivity index (χ2v) is 8.70. The summed E-state index contributed by atoms with van der Waals surface area (Å²) in [6.45, 7) is 3.69. The van der Waals surface area contributed by atoms with Gasteiger partial charge < -0.3 is 18.8 Å². The second-order valence-electron chi connectivity index (χ2n) is 7.93. The molecule has 0 N–H and O–H groups in total. The Balaban J connectivity index is 1.21. The number of thioether (sulfide) groups is 1. The number of hydrogen-bond donors (Lipinski definition) is 0. The van der Waals surface area contributed by atoms with Crippen LogP contribution in [0.1, 0.15) is 12.1 Å². The molecule has 0 spiro atoms. The van der Waals surface area contributed by atoms with E-state index in [0.29, 0.717) is 47.6 Å². The lowest BCUT2D eigenvalue weighted by atomic mass is 10.2. The quantitative estimate of drug-likeness (QED) is 0.362. The summed E-state index contributed by atoms with van der Waals surface area (Å²) in [5.74, 6) is 0.490. The number of para-hydroxylation sites is 2. The maximum atomic E-state index is 12.9. The van der Waals surface area contributed by atoms with E-state index in [4.69, 9.17) is 13.9 Å². The normalized spacial score (nSPS) is 16.4. The summed E-state index contributed by atoms with van der Waals surface area (Å²) in [4.78, 5) is 35.5. The summed E-state index contributed by atoms with van der Waals surface area (Å²) in [6, 6.07) is 8.98. The van der Waals surface area contributed by atoms with Gasteiger partial charge in [0.2, 0.25) is 16.9 Å². The molecule has 1 saturated heterocycles. The molecule has 5 rings (SSSR count). The molecule has 1 aromatic carbocycles. The number of benzene rings is 1. The number of morpholine rings is 1. The molecule has 0 bridgehead atoms. The second kappa shape index (κ2) is 9.47. The molecular weight excluding hydrogens is 460 g/mol. The summed E-state index contributed by atoms with van der Waals surface area (Å²) in [7, 11) is 0. The van der Waals surface area contributed by atoms with Crippen molar-refractivity contribution >= 4 is 34.5 Å². The molecule has 1 atom stereocenters. The van der Waals surface area contributed by atoms with Gasteiger partial charge in [-0.2, -0.15) is 9.50 Å². The van der Waals surface area contributed by atoms with Gasteiger partial charge >= 0.3 is 5.76 Å². The molecule has 12 heteroatoms. The van der Waals surface area contributed by atoms with Crippen LogP contribution >= 0.6 is 11.8 Å². The monoisotopic (exact) mass is 484 g/mol. The van der Waals surface area contributed by atoms with Crippen LogP contribution in [-0.4, -0.2) is 73.6 Å². The molecule has 1 unspecified atom stereocenters. The highest BCUT2D eigenvalue weighted by atomic mass is 32.2. The van der Waals surface area contributed by atoms with Crippen LogP contribution in [0.3, 0.4) is 0 Å². The Morgan fingerprint density at radius 3 is 3.00 bits per heavy atom. The summed E-state index contributed by atoms with van der Waals surface area (Å²) in [5, 5.41) is 5.01. The number of oxazole rings is 1. The lowest BCUT2D eigenvalue weighted by Crippen LogP contribution is -2.48. The highest BCUT2D eigenvalue weighted by molar-refractivity contribution is 7.98. The average molecular weight is 485 g/mol. The first kappa shape index (κ1) is 22.4. The summed E-state index contributed by atoms with van der Waals surface area (Å²) in [6.07, 6.45) is 1.80. The molecule has 0 radical (unpaired) electrons. The van der Waals surface area contributed by atoms with Gasteiger partial charge in [0.1, 0.15) is 12.7 Å². The third-order valence-corrected chi connectivity index (χ3v) is 6.14. The fraction of sp³-hybridized carbons (Fsp3) is 0.409. The Bertz CT molecular complexity index is 1400. The molecule has 3 aromatic heterocycles. The minimum atomic E-state index is -0.459. The number of ether oxygens (including phenoxy) is 2. The van der Waals surface area contributed by atoms with Crippen LogP contribution in [0, 0.1) is 6.92 Å². The molecule has 1 fully saturated rings. The number of fused-ring (bicyclic) bond motifs is 2. The third kappa shape index (κ3) is 4.50. The van der Waals surface area contributed by atoms with Crippen molar-refractivity contribution in [3.8, 4) is 5.88 Å². The Morgan fingerprint density at radius 1 is 1.29 bits per heavy atom. The largest absolute Gasteiger partial charge is 0.475 e. The Kier molecular flexibility index (Phi) is 6.24. The molecule has 11 nitrogen and oxygen atoms in total. The molecule has 4 aromatic rings. The zero-order chi connectivity index (χ0) is 23.7. The van der Waals surface area contributed by atoms with E-state index in [1.54, 1.807) is 27.6 Å². The van der Waals surface area contributed by atoms with Gasteiger partial charge in [-0.1, -0.05) is 23.9 Å². The van der Waals surface area contributed by atoms with Gasteiger partial charge in [0, 0.05) is 31.3 Å². The predicted molar refractivity (Wildman–Crippen MR) is 124 cm³/mol. The van der Waals surface area contributed by atoms with Crippen LogP contribution in [0.4, 0.5) is 0 Å². The first-order valence-electron chi connectivity index (χ1n) is 10.9. The van der Waals surface area contributed by atoms with E-state index in [0.717, 1.165) is 5.69 Å². The summed E-state index contributed by atoms with van der Waals surface area (Å²) >= 11 is 1.43. The molecule has 1 aliphatic heterocycles. The van der Waals surface area contributed by atoms with Crippen molar-refractivity contribution < 1.29 is 18.7 Å². The van der Waals surface area contributed by atoms with Crippen LogP contribution in [0.25, 0.3) is 16.9 Å². The molecule has 4 heterocycles. The van der Waals surface area contributed by atoms with Gasteiger partial charge in [0.15, 0.2) is 5.58 Å². The van der Waals surface area contributed by atoms with E-state index in [-0.39, 0.29) is 31.6 Å². The van der Waals surface area contributed by atoms with E-state index < -0.39 is 5.76 Å². The first-order valence-corrected chi connectivity index (χ1v) is 12.1. The lowest BCUT2D eigenvalue weighted by molar-refractivity contribution is -0.140. The number of carbonyl (C=O) groups is 1. The molecule has 0 aliphatic carbocycles. The number of aryl methyl sites for hydroxylation is 2. The number of carbonyl (C=O) groups excluding carboxylic acids is 1. The molecule has 178 valence electrons. The maximum absolute atomic E-state index is 12.9. The van der Waals surface area contributed by atoms with Crippen LogP contribution in [0.5, 0.6) is 5.88 Å². The van der Waals surface area contributed by atoms with E-state index in [9.17, 15) is 9.59 Å². The zero-order valence-corrected chi connectivity index (χ0v) is 19.7. The van der Waals surface area contributed by atoms with Crippen molar-refractivity contribution in [1.82, 2.24) is 29.0 Å². The lowest BCUT2D eigenvalue weighted by Gasteiger charge is -2.33. The number of nitrogens with zero attached hydrogens (tertiary/aromatic N) is 6. The standard InChI is InChI=1S/C22H24N6O5S/c1-14-11-19(28-20(23-14)24-21(25-28)34-2)32-13-15-12-26(9-10-31-15)18(29)7-8-27-16-5-3-4-6-17(16)33-22(27)30/h3-6,11,15H,7-10,12-13H2,1-2H3. The topological polar surface area (TPSA) is 117 Å². The predicted octanol–water partition coefficient (Wildman–Crippen LogP) is 1.76. The van der Waals surface area contributed by atoms with Crippen molar-refractivity contribution in [2.24, 2.45) is 0 Å². The van der Waals surface area contributed by atoms with Crippen LogP contribution in [0.15, 0.2) is 44.7 Å². The zero-order valence-electron chi connectivity index (χ0n) is 18.8. The maximum Gasteiger partial charge on any atom is 0.419 e. The Labute approximate surface area is 198 Å².